The second-order valence-electron chi connectivity index (χ2n) is 5.09. The summed E-state index contributed by atoms with van der Waals surface area (Å²) < 4.78 is 14.7. The van der Waals surface area contributed by atoms with Gasteiger partial charge in [0.05, 0.1) is 6.20 Å². The Balaban J connectivity index is 1.64. The van der Waals surface area contributed by atoms with Crippen LogP contribution in [-0.2, 0) is 6.54 Å². The molecule has 6 heteroatoms. The van der Waals surface area contributed by atoms with E-state index in [1.807, 2.05) is 0 Å². The molecule has 0 unspecified atom stereocenters. The van der Waals surface area contributed by atoms with Gasteiger partial charge in [0.2, 0.25) is 0 Å². The lowest BCUT2D eigenvalue weighted by Crippen LogP contribution is -2.18. The van der Waals surface area contributed by atoms with E-state index >= 15 is 0 Å². The van der Waals surface area contributed by atoms with Gasteiger partial charge in [0.1, 0.15) is 5.82 Å². The number of benzene rings is 1. The fourth-order valence-electron chi connectivity index (χ4n) is 2.19. The van der Waals surface area contributed by atoms with E-state index in [9.17, 15) is 9.18 Å². The molecule has 5 nitrogen and oxygen atoms in total. The quantitative estimate of drug-likeness (QED) is 0.931. The van der Waals surface area contributed by atoms with Gasteiger partial charge in [-0.1, -0.05) is 17.7 Å². The van der Waals surface area contributed by atoms with E-state index in [1.165, 1.54) is 31.4 Å². The Hall–Kier alpha value is -2.24. The van der Waals surface area contributed by atoms with Crippen molar-refractivity contribution in [2.75, 3.05) is 5.32 Å². The molecule has 1 saturated carbocycles. The van der Waals surface area contributed by atoms with Crippen molar-refractivity contribution in [3.8, 4) is 0 Å². The van der Waals surface area contributed by atoms with E-state index in [-0.39, 0.29) is 11.6 Å². The molecule has 0 bridgehead atoms. The number of carbonyl (C=O) groups excluding carboxylic acids is 1. The molecule has 0 atom stereocenters. The topological polar surface area (TPSA) is 59.8 Å². The summed E-state index contributed by atoms with van der Waals surface area (Å²) in [6.45, 7) is 0.806. The molecule has 2 aromatic rings. The second-order valence-corrected chi connectivity index (χ2v) is 5.09. The smallest absolute Gasteiger partial charge is 0.277 e. The maximum absolute atomic E-state index is 13.0. The van der Waals surface area contributed by atoms with Gasteiger partial charge in [-0.05, 0) is 37.0 Å². The van der Waals surface area contributed by atoms with Crippen molar-refractivity contribution in [3.05, 3.63) is 42.0 Å². The van der Waals surface area contributed by atoms with Crippen molar-refractivity contribution in [2.45, 2.75) is 25.8 Å². The number of nitrogens with one attached hydrogen (secondary N) is 1. The molecule has 3 rings (SSSR count). The third-order valence-corrected chi connectivity index (χ3v) is 3.52. The molecule has 1 heterocycles. The lowest BCUT2D eigenvalue weighted by molar-refractivity contribution is 0.102. The van der Waals surface area contributed by atoms with Gasteiger partial charge in [0, 0.05) is 12.2 Å². The molecule has 0 radical (unpaired) electrons. The Morgan fingerprint density at radius 2 is 2.30 bits per heavy atom. The average molecular weight is 274 g/mol. The van der Waals surface area contributed by atoms with Gasteiger partial charge in [-0.25, -0.2) is 4.39 Å². The number of nitrogens with zero attached hydrogens (tertiary/aromatic N) is 3. The standard InChI is InChI=1S/C14H15FN4O/c15-11-5-2-6-12(7-11)16-14(20)13-9-19(18-17-13)8-10-3-1-4-10/h2,5-7,9-10H,1,3-4,8H2,(H,16,20). The van der Waals surface area contributed by atoms with Crippen LogP contribution in [0.1, 0.15) is 29.8 Å². The van der Waals surface area contributed by atoms with Crippen LogP contribution < -0.4 is 5.32 Å². The Morgan fingerprint density at radius 1 is 1.45 bits per heavy atom. The van der Waals surface area contributed by atoms with Crippen LogP contribution in [0.25, 0.3) is 0 Å². The SMILES string of the molecule is O=C(Nc1cccc(F)c1)c1cn(CC2CCC2)nn1. The molecule has 20 heavy (non-hydrogen) atoms. The summed E-state index contributed by atoms with van der Waals surface area (Å²) >= 11 is 0. The first-order chi connectivity index (χ1) is 9.70. The number of rotatable bonds is 4. The summed E-state index contributed by atoms with van der Waals surface area (Å²) in [6.07, 6.45) is 5.33. The predicted octanol–water partition coefficient (Wildman–Crippen LogP) is 2.47. The highest BCUT2D eigenvalue weighted by atomic mass is 19.1. The summed E-state index contributed by atoms with van der Waals surface area (Å²) in [4.78, 5) is 12.0. The van der Waals surface area contributed by atoms with Gasteiger partial charge < -0.3 is 5.32 Å². The van der Waals surface area contributed by atoms with Crippen LogP contribution in [0.4, 0.5) is 10.1 Å². The zero-order chi connectivity index (χ0) is 13.9. The third-order valence-electron chi connectivity index (χ3n) is 3.52. The van der Waals surface area contributed by atoms with Crippen molar-refractivity contribution in [2.24, 2.45) is 5.92 Å². The zero-order valence-electron chi connectivity index (χ0n) is 10.9. The highest BCUT2D eigenvalue weighted by molar-refractivity contribution is 6.02. The summed E-state index contributed by atoms with van der Waals surface area (Å²) in [5.41, 5.74) is 0.650. The lowest BCUT2D eigenvalue weighted by Gasteiger charge is -2.24. The van der Waals surface area contributed by atoms with Crippen LogP contribution in [-0.4, -0.2) is 20.9 Å². The maximum atomic E-state index is 13.0. The minimum Gasteiger partial charge on any atom is -0.320 e. The number of carbonyl (C=O) groups is 1. The first-order valence-electron chi connectivity index (χ1n) is 6.68. The van der Waals surface area contributed by atoms with Crippen molar-refractivity contribution in [1.82, 2.24) is 15.0 Å². The first-order valence-corrected chi connectivity index (χ1v) is 6.68. The van der Waals surface area contributed by atoms with Gasteiger partial charge in [-0.15, -0.1) is 5.10 Å². The fraction of sp³-hybridized carbons (Fsp3) is 0.357. The second kappa shape index (κ2) is 5.40. The number of anilines is 1. The van der Waals surface area contributed by atoms with Gasteiger partial charge in [-0.3, -0.25) is 9.48 Å². The number of aromatic nitrogens is 3. The van der Waals surface area contributed by atoms with E-state index < -0.39 is 5.82 Å². The zero-order valence-corrected chi connectivity index (χ0v) is 10.9. The summed E-state index contributed by atoms with van der Waals surface area (Å²) in [5.74, 6) is -0.122. The van der Waals surface area contributed by atoms with Gasteiger partial charge in [0.25, 0.3) is 5.91 Å². The first kappa shape index (κ1) is 12.8. The summed E-state index contributed by atoms with van der Waals surface area (Å²) in [6, 6.07) is 5.75. The van der Waals surface area contributed by atoms with E-state index in [4.69, 9.17) is 0 Å². The monoisotopic (exact) mass is 274 g/mol. The molecular weight excluding hydrogens is 259 g/mol. The van der Waals surface area contributed by atoms with Gasteiger partial charge in [-0.2, -0.15) is 0 Å². The normalized spacial score (nSPS) is 14.8. The summed E-state index contributed by atoms with van der Waals surface area (Å²) in [5, 5.41) is 10.4. The van der Waals surface area contributed by atoms with Crippen molar-refractivity contribution >= 4 is 11.6 Å². The molecular formula is C14H15FN4O. The highest BCUT2D eigenvalue weighted by Gasteiger charge is 2.19. The number of amides is 1. The molecule has 0 saturated heterocycles. The molecule has 0 spiro atoms. The molecule has 1 aromatic carbocycles. The molecule has 1 amide bonds. The Morgan fingerprint density at radius 3 is 3.00 bits per heavy atom. The van der Waals surface area contributed by atoms with Crippen molar-refractivity contribution < 1.29 is 9.18 Å². The van der Waals surface area contributed by atoms with Crippen LogP contribution >= 0.6 is 0 Å². The molecule has 1 aliphatic carbocycles. The van der Waals surface area contributed by atoms with E-state index in [2.05, 4.69) is 15.6 Å². The number of halogens is 1. The number of hydrogen-bond donors (Lipinski definition) is 1. The van der Waals surface area contributed by atoms with E-state index in [0.717, 1.165) is 6.54 Å². The minimum absolute atomic E-state index is 0.244. The van der Waals surface area contributed by atoms with Crippen molar-refractivity contribution in [1.29, 1.82) is 0 Å². The van der Waals surface area contributed by atoms with E-state index in [1.54, 1.807) is 23.0 Å². The third kappa shape index (κ3) is 2.84. The fourth-order valence-corrected chi connectivity index (χ4v) is 2.19. The maximum Gasteiger partial charge on any atom is 0.277 e. The van der Waals surface area contributed by atoms with Gasteiger partial charge >= 0.3 is 0 Å². The van der Waals surface area contributed by atoms with Crippen LogP contribution in [0.5, 0.6) is 0 Å². The van der Waals surface area contributed by atoms with Gasteiger partial charge in [0.15, 0.2) is 5.69 Å². The van der Waals surface area contributed by atoms with Crippen LogP contribution in [0, 0.1) is 11.7 Å². The van der Waals surface area contributed by atoms with Crippen LogP contribution in [0.3, 0.4) is 0 Å². The van der Waals surface area contributed by atoms with Crippen molar-refractivity contribution in [3.63, 3.8) is 0 Å². The summed E-state index contributed by atoms with van der Waals surface area (Å²) in [7, 11) is 0. The van der Waals surface area contributed by atoms with E-state index in [0.29, 0.717) is 11.6 Å². The molecule has 1 aromatic heterocycles. The number of hydrogen-bond acceptors (Lipinski definition) is 3. The minimum atomic E-state index is -0.392. The van der Waals surface area contributed by atoms with Crippen LogP contribution in [0.15, 0.2) is 30.5 Å². The van der Waals surface area contributed by atoms with Crippen LogP contribution in [0.2, 0.25) is 0 Å². The lowest BCUT2D eigenvalue weighted by atomic mass is 9.85. The molecule has 1 fully saturated rings. The molecule has 0 aliphatic heterocycles. The highest BCUT2D eigenvalue weighted by Crippen LogP contribution is 2.27. The molecule has 104 valence electrons. The molecule has 1 aliphatic rings. The average Bonchev–Trinajstić information content (AvgIpc) is 2.82. The largest absolute Gasteiger partial charge is 0.320 e. The Bertz CT molecular complexity index is 621. The molecule has 1 N–H and O–H groups in total. The Labute approximate surface area is 115 Å². The predicted molar refractivity (Wildman–Crippen MR) is 71.7 cm³/mol. The Kier molecular flexibility index (Phi) is 3.45.